The lowest BCUT2D eigenvalue weighted by molar-refractivity contribution is -0.150. The van der Waals surface area contributed by atoms with Gasteiger partial charge in [-0.25, -0.2) is 0 Å². The monoisotopic (exact) mass is 301 g/mol. The Morgan fingerprint density at radius 3 is 2.24 bits per heavy atom. The summed E-state index contributed by atoms with van der Waals surface area (Å²) in [5.41, 5.74) is -0.556. The summed E-state index contributed by atoms with van der Waals surface area (Å²) in [4.78, 5) is 16.5. The molecule has 0 amide bonds. The van der Waals surface area contributed by atoms with Crippen LogP contribution in [0.5, 0.6) is 0 Å². The third kappa shape index (κ3) is 9.06. The Kier molecular flexibility index (Phi) is 10.6. The highest BCUT2D eigenvalue weighted by molar-refractivity contribution is 5.80. The molecule has 126 valence electrons. The van der Waals surface area contributed by atoms with Crippen LogP contribution in [0.2, 0.25) is 0 Å². The molecule has 0 aliphatic carbocycles. The molecule has 21 heavy (non-hydrogen) atoms. The highest BCUT2D eigenvalue weighted by atomic mass is 16.5. The third-order valence-electron chi connectivity index (χ3n) is 3.89. The first-order valence-corrected chi connectivity index (χ1v) is 8.05. The van der Waals surface area contributed by atoms with E-state index < -0.39 is 5.54 Å². The van der Waals surface area contributed by atoms with Crippen molar-refractivity contribution in [2.45, 2.75) is 45.1 Å². The summed E-state index contributed by atoms with van der Waals surface area (Å²) in [6.45, 7) is 7.54. The Labute approximate surface area is 131 Å². The van der Waals surface area contributed by atoms with E-state index in [0.29, 0.717) is 6.61 Å². The molecule has 5 nitrogen and oxygen atoms in total. The molecule has 0 heterocycles. The Bertz CT molecular complexity index is 285. The van der Waals surface area contributed by atoms with Crippen LogP contribution in [0.25, 0.3) is 0 Å². The van der Waals surface area contributed by atoms with Crippen LogP contribution in [0.15, 0.2) is 0 Å². The largest absolute Gasteiger partial charge is 0.465 e. The summed E-state index contributed by atoms with van der Waals surface area (Å²) >= 11 is 0. The number of carbonyl (C=O) groups is 1. The number of carbonyl (C=O) groups excluding carboxylic acids is 1. The van der Waals surface area contributed by atoms with Crippen LogP contribution in [0.1, 0.15) is 39.5 Å². The van der Waals surface area contributed by atoms with Crippen molar-refractivity contribution in [2.24, 2.45) is 0 Å². The minimum Gasteiger partial charge on any atom is -0.465 e. The smallest absolute Gasteiger partial charge is 0.326 e. The Morgan fingerprint density at radius 1 is 1.10 bits per heavy atom. The SMILES string of the molecule is CCOC(=O)C(C)(CCCCN(C)CCCN(C)C)NC. The van der Waals surface area contributed by atoms with Crippen LogP contribution >= 0.6 is 0 Å². The molecule has 0 saturated heterocycles. The molecule has 0 aromatic heterocycles. The van der Waals surface area contributed by atoms with E-state index in [0.717, 1.165) is 38.9 Å². The number of nitrogens with one attached hydrogen (secondary N) is 1. The lowest BCUT2D eigenvalue weighted by Gasteiger charge is -2.27. The standard InChI is InChI=1S/C16H35N3O2/c1-7-21-15(20)16(2,17-3)11-8-9-13-19(6)14-10-12-18(4)5/h17H,7-14H2,1-6H3. The summed E-state index contributed by atoms with van der Waals surface area (Å²) in [6.07, 6.45) is 4.14. The van der Waals surface area contributed by atoms with Crippen LogP contribution in [-0.4, -0.2) is 75.7 Å². The van der Waals surface area contributed by atoms with Gasteiger partial charge in [0.2, 0.25) is 0 Å². The molecule has 0 aliphatic rings. The van der Waals surface area contributed by atoms with Gasteiger partial charge in [0.05, 0.1) is 6.61 Å². The van der Waals surface area contributed by atoms with E-state index in [2.05, 4.69) is 36.3 Å². The van der Waals surface area contributed by atoms with E-state index in [9.17, 15) is 4.79 Å². The highest BCUT2D eigenvalue weighted by Gasteiger charge is 2.32. The first kappa shape index (κ1) is 20.3. The van der Waals surface area contributed by atoms with Crippen molar-refractivity contribution in [1.29, 1.82) is 0 Å². The average molecular weight is 301 g/mol. The van der Waals surface area contributed by atoms with Crippen LogP contribution in [0, 0.1) is 0 Å². The second-order valence-electron chi connectivity index (χ2n) is 6.22. The van der Waals surface area contributed by atoms with E-state index in [1.807, 2.05) is 20.9 Å². The van der Waals surface area contributed by atoms with Gasteiger partial charge in [-0.05, 0) is 87.4 Å². The van der Waals surface area contributed by atoms with Gasteiger partial charge >= 0.3 is 5.97 Å². The first-order chi connectivity index (χ1) is 9.85. The Hall–Kier alpha value is -0.650. The lowest BCUT2D eigenvalue weighted by atomic mass is 9.95. The number of nitrogens with zero attached hydrogens (tertiary/aromatic N) is 2. The molecule has 0 saturated carbocycles. The van der Waals surface area contributed by atoms with Crippen LogP contribution in [0.4, 0.5) is 0 Å². The van der Waals surface area contributed by atoms with Crippen molar-refractivity contribution in [3.05, 3.63) is 0 Å². The number of esters is 1. The molecule has 0 spiro atoms. The van der Waals surface area contributed by atoms with Crippen molar-refractivity contribution in [3.8, 4) is 0 Å². The zero-order valence-electron chi connectivity index (χ0n) is 14.9. The number of unbranched alkanes of at least 4 members (excludes halogenated alkanes) is 1. The molecule has 0 fully saturated rings. The fourth-order valence-electron chi connectivity index (χ4n) is 2.25. The van der Waals surface area contributed by atoms with Crippen molar-refractivity contribution in [3.63, 3.8) is 0 Å². The van der Waals surface area contributed by atoms with Gasteiger partial charge in [0.1, 0.15) is 5.54 Å². The van der Waals surface area contributed by atoms with Crippen molar-refractivity contribution in [2.75, 3.05) is 54.4 Å². The maximum atomic E-state index is 11.9. The molecule has 0 radical (unpaired) electrons. The number of hydrogen-bond acceptors (Lipinski definition) is 5. The quantitative estimate of drug-likeness (QED) is 0.438. The fourth-order valence-corrected chi connectivity index (χ4v) is 2.25. The van der Waals surface area contributed by atoms with E-state index in [1.165, 1.54) is 6.42 Å². The molecule has 0 bridgehead atoms. The second-order valence-corrected chi connectivity index (χ2v) is 6.22. The molecular weight excluding hydrogens is 266 g/mol. The van der Waals surface area contributed by atoms with Gasteiger partial charge in [0.25, 0.3) is 0 Å². The maximum absolute atomic E-state index is 11.9. The highest BCUT2D eigenvalue weighted by Crippen LogP contribution is 2.15. The molecule has 0 rings (SSSR count). The number of ether oxygens (including phenoxy) is 1. The van der Waals surface area contributed by atoms with Crippen LogP contribution in [-0.2, 0) is 9.53 Å². The summed E-state index contributed by atoms with van der Waals surface area (Å²) in [5, 5.41) is 3.10. The fraction of sp³-hybridized carbons (Fsp3) is 0.938. The van der Waals surface area contributed by atoms with Gasteiger partial charge < -0.3 is 19.9 Å². The van der Waals surface area contributed by atoms with Crippen molar-refractivity contribution < 1.29 is 9.53 Å². The predicted molar refractivity (Wildman–Crippen MR) is 88.6 cm³/mol. The summed E-state index contributed by atoms with van der Waals surface area (Å²) < 4.78 is 5.14. The van der Waals surface area contributed by atoms with Gasteiger partial charge in [-0.2, -0.15) is 0 Å². The number of rotatable bonds is 12. The molecule has 0 aromatic rings. The summed E-state index contributed by atoms with van der Waals surface area (Å²) in [7, 11) is 8.20. The first-order valence-electron chi connectivity index (χ1n) is 8.05. The Morgan fingerprint density at radius 2 is 1.71 bits per heavy atom. The minimum atomic E-state index is -0.556. The molecular formula is C16H35N3O2. The average Bonchev–Trinajstić information content (AvgIpc) is 2.43. The van der Waals surface area contributed by atoms with Gasteiger partial charge in [0.15, 0.2) is 0 Å². The molecule has 1 N–H and O–H groups in total. The van der Waals surface area contributed by atoms with Crippen LogP contribution in [0.3, 0.4) is 0 Å². The zero-order valence-corrected chi connectivity index (χ0v) is 14.9. The maximum Gasteiger partial charge on any atom is 0.326 e. The van der Waals surface area contributed by atoms with Crippen LogP contribution < -0.4 is 5.32 Å². The van der Waals surface area contributed by atoms with Crippen molar-refractivity contribution >= 4 is 5.97 Å². The van der Waals surface area contributed by atoms with Gasteiger partial charge in [0, 0.05) is 0 Å². The van der Waals surface area contributed by atoms with Gasteiger partial charge in [-0.3, -0.25) is 4.79 Å². The third-order valence-corrected chi connectivity index (χ3v) is 3.89. The van der Waals surface area contributed by atoms with Gasteiger partial charge in [-0.15, -0.1) is 0 Å². The number of likely N-dealkylation sites (N-methyl/N-ethyl adjacent to an activating group) is 1. The van der Waals surface area contributed by atoms with E-state index >= 15 is 0 Å². The predicted octanol–water partition coefficient (Wildman–Crippen LogP) is 1.58. The molecule has 0 aliphatic heterocycles. The lowest BCUT2D eigenvalue weighted by Crippen LogP contribution is -2.48. The van der Waals surface area contributed by atoms with Gasteiger partial charge in [-0.1, -0.05) is 0 Å². The molecule has 0 aromatic carbocycles. The normalized spacial score (nSPS) is 14.5. The topological polar surface area (TPSA) is 44.8 Å². The second kappa shape index (κ2) is 11.0. The summed E-state index contributed by atoms with van der Waals surface area (Å²) in [5.74, 6) is -0.146. The van der Waals surface area contributed by atoms with E-state index in [-0.39, 0.29) is 5.97 Å². The summed E-state index contributed by atoms with van der Waals surface area (Å²) in [6, 6.07) is 0. The minimum absolute atomic E-state index is 0.146. The van der Waals surface area contributed by atoms with Crippen molar-refractivity contribution in [1.82, 2.24) is 15.1 Å². The molecule has 1 unspecified atom stereocenters. The molecule has 1 atom stereocenters. The number of hydrogen-bond donors (Lipinski definition) is 1. The Balaban J connectivity index is 3.88. The zero-order chi connectivity index (χ0) is 16.3. The van der Waals surface area contributed by atoms with E-state index in [1.54, 1.807) is 0 Å². The molecule has 5 heteroatoms. The van der Waals surface area contributed by atoms with E-state index in [4.69, 9.17) is 4.74 Å².